The van der Waals surface area contributed by atoms with Gasteiger partial charge in [-0.1, -0.05) is 27.2 Å². The van der Waals surface area contributed by atoms with Crippen LogP contribution in [0.2, 0.25) is 0 Å². The van der Waals surface area contributed by atoms with Crippen molar-refractivity contribution in [2.75, 3.05) is 13.6 Å². The van der Waals surface area contributed by atoms with E-state index in [0.29, 0.717) is 17.7 Å². The molecule has 17 heavy (non-hydrogen) atoms. The lowest BCUT2D eigenvalue weighted by molar-refractivity contribution is -0.137. The van der Waals surface area contributed by atoms with Gasteiger partial charge in [-0.2, -0.15) is 0 Å². The predicted octanol–water partition coefficient (Wildman–Crippen LogP) is 2.25. The van der Waals surface area contributed by atoms with Crippen LogP contribution >= 0.6 is 0 Å². The van der Waals surface area contributed by atoms with Crippen molar-refractivity contribution in [3.8, 4) is 0 Å². The Balaban J connectivity index is 2.50. The molecule has 1 aliphatic rings. The number of nitrogens with zero attached hydrogens (tertiary/aromatic N) is 1. The van der Waals surface area contributed by atoms with Gasteiger partial charge in [-0.05, 0) is 31.1 Å². The first-order valence-electron chi connectivity index (χ1n) is 6.94. The third-order valence-electron chi connectivity index (χ3n) is 4.10. The third kappa shape index (κ3) is 3.98. The summed E-state index contributed by atoms with van der Waals surface area (Å²) in [6, 6.07) is 0.205. The molecule has 1 saturated carbocycles. The van der Waals surface area contributed by atoms with E-state index in [1.807, 2.05) is 11.9 Å². The summed E-state index contributed by atoms with van der Waals surface area (Å²) in [5, 5.41) is 0. The number of rotatable bonds is 4. The molecule has 0 heterocycles. The zero-order valence-corrected chi connectivity index (χ0v) is 11.8. The van der Waals surface area contributed by atoms with E-state index in [4.69, 9.17) is 5.73 Å². The van der Waals surface area contributed by atoms with Crippen LogP contribution in [0.4, 0.5) is 0 Å². The first-order valence-corrected chi connectivity index (χ1v) is 6.94. The van der Waals surface area contributed by atoms with Gasteiger partial charge in [-0.3, -0.25) is 4.79 Å². The SMILES string of the molecule is CC(C)CCN(C)C(=O)C1CCCC(N)C1C. The van der Waals surface area contributed by atoms with Gasteiger partial charge in [0.25, 0.3) is 0 Å². The van der Waals surface area contributed by atoms with Crippen LogP contribution in [0.15, 0.2) is 0 Å². The molecule has 0 aliphatic heterocycles. The van der Waals surface area contributed by atoms with Crippen molar-refractivity contribution >= 4 is 5.91 Å². The molecule has 1 amide bonds. The second-order valence-electron chi connectivity index (χ2n) is 6.00. The maximum atomic E-state index is 12.3. The normalized spacial score (nSPS) is 29.4. The molecule has 0 saturated heterocycles. The molecule has 1 rings (SSSR count). The number of carbonyl (C=O) groups is 1. The van der Waals surface area contributed by atoms with Gasteiger partial charge in [-0.15, -0.1) is 0 Å². The highest BCUT2D eigenvalue weighted by Crippen LogP contribution is 2.30. The Hall–Kier alpha value is -0.570. The highest BCUT2D eigenvalue weighted by atomic mass is 16.2. The summed E-state index contributed by atoms with van der Waals surface area (Å²) in [6.07, 6.45) is 4.26. The largest absolute Gasteiger partial charge is 0.346 e. The summed E-state index contributed by atoms with van der Waals surface area (Å²) < 4.78 is 0. The molecule has 3 unspecified atom stereocenters. The van der Waals surface area contributed by atoms with Crippen molar-refractivity contribution in [2.24, 2.45) is 23.5 Å². The Morgan fingerprint density at radius 3 is 2.65 bits per heavy atom. The first kappa shape index (κ1) is 14.5. The van der Waals surface area contributed by atoms with Crippen molar-refractivity contribution in [1.29, 1.82) is 0 Å². The van der Waals surface area contributed by atoms with Crippen LogP contribution in [-0.2, 0) is 4.79 Å². The van der Waals surface area contributed by atoms with Gasteiger partial charge in [0.05, 0.1) is 0 Å². The highest BCUT2D eigenvalue weighted by Gasteiger charge is 2.33. The molecule has 2 N–H and O–H groups in total. The predicted molar refractivity (Wildman–Crippen MR) is 71.6 cm³/mol. The lowest BCUT2D eigenvalue weighted by atomic mass is 9.76. The number of hydrogen-bond donors (Lipinski definition) is 1. The minimum Gasteiger partial charge on any atom is -0.346 e. The minimum absolute atomic E-state index is 0.149. The molecule has 0 spiro atoms. The van der Waals surface area contributed by atoms with Crippen LogP contribution in [0.25, 0.3) is 0 Å². The number of amides is 1. The molecule has 100 valence electrons. The topological polar surface area (TPSA) is 46.3 Å². The molecule has 1 aliphatic carbocycles. The first-order chi connectivity index (χ1) is 7.93. The average molecular weight is 240 g/mol. The van der Waals surface area contributed by atoms with Gasteiger partial charge >= 0.3 is 0 Å². The third-order valence-corrected chi connectivity index (χ3v) is 4.10. The molecule has 1 fully saturated rings. The van der Waals surface area contributed by atoms with Gasteiger partial charge in [0.15, 0.2) is 0 Å². The van der Waals surface area contributed by atoms with Crippen molar-refractivity contribution in [2.45, 2.75) is 52.5 Å². The van der Waals surface area contributed by atoms with Gasteiger partial charge in [-0.25, -0.2) is 0 Å². The molecular formula is C14H28N2O. The maximum absolute atomic E-state index is 12.3. The summed E-state index contributed by atoms with van der Waals surface area (Å²) in [6.45, 7) is 7.38. The van der Waals surface area contributed by atoms with E-state index in [9.17, 15) is 4.79 Å². The fourth-order valence-electron chi connectivity index (χ4n) is 2.59. The molecule has 3 atom stereocenters. The lowest BCUT2D eigenvalue weighted by Crippen LogP contribution is -2.45. The maximum Gasteiger partial charge on any atom is 0.225 e. The molecule has 0 radical (unpaired) electrons. The van der Waals surface area contributed by atoms with E-state index >= 15 is 0 Å². The van der Waals surface area contributed by atoms with Crippen molar-refractivity contribution in [3.05, 3.63) is 0 Å². The van der Waals surface area contributed by atoms with Crippen LogP contribution in [0, 0.1) is 17.8 Å². The fourth-order valence-corrected chi connectivity index (χ4v) is 2.59. The van der Waals surface area contributed by atoms with Crippen LogP contribution in [0.5, 0.6) is 0 Å². The van der Waals surface area contributed by atoms with Gasteiger partial charge < -0.3 is 10.6 Å². The Morgan fingerprint density at radius 2 is 2.06 bits per heavy atom. The smallest absolute Gasteiger partial charge is 0.225 e. The molecular weight excluding hydrogens is 212 g/mol. The van der Waals surface area contributed by atoms with E-state index in [2.05, 4.69) is 20.8 Å². The Kier molecular flexibility index (Phi) is 5.44. The average Bonchev–Trinajstić information content (AvgIpc) is 2.28. The Morgan fingerprint density at radius 1 is 1.41 bits per heavy atom. The lowest BCUT2D eigenvalue weighted by Gasteiger charge is -2.35. The summed E-state index contributed by atoms with van der Waals surface area (Å²) in [7, 11) is 1.93. The molecule has 3 nitrogen and oxygen atoms in total. The zero-order chi connectivity index (χ0) is 13.0. The summed E-state index contributed by atoms with van der Waals surface area (Å²) in [5.41, 5.74) is 6.06. The summed E-state index contributed by atoms with van der Waals surface area (Å²) in [5.74, 6) is 1.43. The van der Waals surface area contributed by atoms with E-state index in [1.54, 1.807) is 0 Å². The quantitative estimate of drug-likeness (QED) is 0.819. The van der Waals surface area contributed by atoms with Gasteiger partial charge in [0.1, 0.15) is 0 Å². The second kappa shape index (κ2) is 6.39. The molecule has 0 bridgehead atoms. The van der Waals surface area contributed by atoms with Crippen LogP contribution < -0.4 is 5.73 Å². The van der Waals surface area contributed by atoms with E-state index < -0.39 is 0 Å². The van der Waals surface area contributed by atoms with Crippen LogP contribution in [0.1, 0.15) is 46.5 Å². The second-order valence-corrected chi connectivity index (χ2v) is 6.00. The van der Waals surface area contributed by atoms with Crippen molar-refractivity contribution in [3.63, 3.8) is 0 Å². The molecule has 0 aromatic heterocycles. The number of carbonyl (C=O) groups excluding carboxylic acids is 1. The van der Waals surface area contributed by atoms with Crippen LogP contribution in [0.3, 0.4) is 0 Å². The van der Waals surface area contributed by atoms with E-state index in [-0.39, 0.29) is 12.0 Å². The Labute approximate surface area is 106 Å². The standard InChI is InChI=1S/C14H28N2O/c1-10(2)8-9-16(4)14(17)12-6-5-7-13(15)11(12)3/h10-13H,5-9,15H2,1-4H3. The van der Waals surface area contributed by atoms with Gasteiger partial charge in [0, 0.05) is 25.6 Å². The highest BCUT2D eigenvalue weighted by molar-refractivity contribution is 5.79. The monoisotopic (exact) mass is 240 g/mol. The molecule has 0 aromatic carbocycles. The van der Waals surface area contributed by atoms with Gasteiger partial charge in [0.2, 0.25) is 5.91 Å². The minimum atomic E-state index is 0.149. The summed E-state index contributed by atoms with van der Waals surface area (Å²) >= 11 is 0. The van der Waals surface area contributed by atoms with E-state index in [1.165, 1.54) is 0 Å². The van der Waals surface area contributed by atoms with Crippen molar-refractivity contribution in [1.82, 2.24) is 4.90 Å². The van der Waals surface area contributed by atoms with Crippen molar-refractivity contribution < 1.29 is 4.79 Å². The molecule has 0 aromatic rings. The van der Waals surface area contributed by atoms with E-state index in [0.717, 1.165) is 32.2 Å². The fraction of sp³-hybridized carbons (Fsp3) is 0.929. The summed E-state index contributed by atoms with van der Waals surface area (Å²) in [4.78, 5) is 14.2. The number of nitrogens with two attached hydrogens (primary N) is 1. The van der Waals surface area contributed by atoms with Crippen LogP contribution in [-0.4, -0.2) is 30.4 Å². The molecule has 3 heteroatoms. The zero-order valence-electron chi connectivity index (χ0n) is 11.8. The number of hydrogen-bond acceptors (Lipinski definition) is 2. The Bertz CT molecular complexity index is 253.